The van der Waals surface area contributed by atoms with Crippen LogP contribution in [0.2, 0.25) is 0 Å². The fourth-order valence-electron chi connectivity index (χ4n) is 3.03. The van der Waals surface area contributed by atoms with E-state index >= 15 is 0 Å². The average Bonchev–Trinajstić information content (AvgIpc) is 2.60. The van der Waals surface area contributed by atoms with Gasteiger partial charge in [-0.25, -0.2) is 8.42 Å². The summed E-state index contributed by atoms with van der Waals surface area (Å²) >= 11 is 0. The Morgan fingerprint density at radius 3 is 1.32 bits per heavy atom. The molecule has 0 saturated carbocycles. The predicted octanol–water partition coefficient (Wildman–Crippen LogP) is 5.81. The molecule has 0 spiro atoms. The van der Waals surface area contributed by atoms with Crippen molar-refractivity contribution in [1.82, 2.24) is 0 Å². The molecule has 0 heterocycles. The lowest BCUT2D eigenvalue weighted by Gasteiger charge is -2.04. The Hall–Kier alpha value is -0.130. The number of hydrogen-bond acceptors (Lipinski definition) is 4. The van der Waals surface area contributed by atoms with Gasteiger partial charge in [-0.3, -0.25) is 4.18 Å². The Kier molecular flexibility index (Phi) is 21.8. The Morgan fingerprint density at radius 1 is 0.520 bits per heavy atom. The summed E-state index contributed by atoms with van der Waals surface area (Å²) in [5, 5.41) is 0. The summed E-state index contributed by atoms with van der Waals surface area (Å²) < 4.78 is 30.0. The lowest BCUT2D eigenvalue weighted by Crippen LogP contribution is -2.04. The van der Waals surface area contributed by atoms with Gasteiger partial charge in [0.1, 0.15) is 0 Å². The van der Waals surface area contributed by atoms with Crippen LogP contribution in [0.4, 0.5) is 0 Å². The number of thiol groups is 1. The number of hydrogen-bond donors (Lipinski definition) is 1. The summed E-state index contributed by atoms with van der Waals surface area (Å²) in [6, 6.07) is 0. The van der Waals surface area contributed by atoms with Gasteiger partial charge in [0, 0.05) is 6.61 Å². The minimum absolute atomic E-state index is 0.136. The van der Waals surface area contributed by atoms with Crippen molar-refractivity contribution < 1.29 is 17.3 Å². The third kappa shape index (κ3) is 23.9. The first kappa shape index (κ1) is 24.9. The molecule has 0 aliphatic heterocycles. The van der Waals surface area contributed by atoms with Gasteiger partial charge in [-0.2, -0.15) is 0 Å². The van der Waals surface area contributed by atoms with E-state index in [1.165, 1.54) is 96.3 Å². The predicted molar refractivity (Wildman–Crippen MR) is 107 cm³/mol. The van der Waals surface area contributed by atoms with Gasteiger partial charge in [-0.1, -0.05) is 103 Å². The smallest absolute Gasteiger partial charge is 0.257 e. The van der Waals surface area contributed by atoms with E-state index in [1.807, 2.05) is 0 Å². The molecule has 0 fully saturated rings. The highest BCUT2D eigenvalue weighted by atomic mass is 32.2. The molecule has 0 aliphatic carbocycles. The van der Waals surface area contributed by atoms with Crippen molar-refractivity contribution in [3.63, 3.8) is 0 Å². The third-order valence-electron chi connectivity index (χ3n) is 4.57. The molecule has 0 aromatic carbocycles. The van der Waals surface area contributed by atoms with Crippen LogP contribution < -0.4 is 0 Å². The molecule has 4 nitrogen and oxygen atoms in total. The van der Waals surface area contributed by atoms with Crippen LogP contribution in [0, 0.1) is 0 Å². The number of rotatable bonds is 21. The zero-order valence-corrected chi connectivity index (χ0v) is 17.4. The molecule has 0 bridgehead atoms. The first-order valence-electron chi connectivity index (χ1n) is 10.6. The summed E-state index contributed by atoms with van der Waals surface area (Å²) in [6.07, 6.45) is 21.8. The van der Waals surface area contributed by atoms with E-state index in [1.54, 1.807) is 0 Å². The summed E-state index contributed by atoms with van der Waals surface area (Å²) in [4.78, 5) is 0. The molecular formula is C20H42O4S. The van der Waals surface area contributed by atoms with Crippen LogP contribution in [0.5, 0.6) is 0 Å². The first-order valence-corrected chi connectivity index (χ1v) is 11.7. The van der Waals surface area contributed by atoms with Gasteiger partial charge in [0.2, 0.25) is 0 Å². The zero-order valence-electron chi connectivity index (χ0n) is 16.5. The largest absolute Gasteiger partial charge is 0.379 e. The second kappa shape index (κ2) is 21.9. The topological polar surface area (TPSA) is 52.6 Å². The Morgan fingerprint density at radius 2 is 0.920 bits per heavy atom. The van der Waals surface area contributed by atoms with Crippen molar-refractivity contribution in [3.05, 3.63) is 0 Å². The standard InChI is InChI=1S/C20H42O4S/c1-2-3-4-5-6-7-8-9-10-11-12-13-14-15-16-17-18-23-19-20-24-25(21)22/h25H,2-20H2,1H3. The van der Waals surface area contributed by atoms with Crippen LogP contribution in [-0.4, -0.2) is 28.2 Å². The maximum absolute atomic E-state index is 10.2. The van der Waals surface area contributed by atoms with E-state index in [0.29, 0.717) is 13.2 Å². The Labute approximate surface area is 158 Å². The van der Waals surface area contributed by atoms with Gasteiger partial charge in [-0.05, 0) is 6.42 Å². The molecule has 5 heteroatoms. The summed E-state index contributed by atoms with van der Waals surface area (Å²) in [5.74, 6) is 0. The monoisotopic (exact) mass is 378 g/mol. The van der Waals surface area contributed by atoms with Gasteiger partial charge in [0.25, 0.3) is 11.0 Å². The number of ether oxygens (including phenoxy) is 1. The Balaban J connectivity index is 2.98. The van der Waals surface area contributed by atoms with E-state index in [4.69, 9.17) is 4.74 Å². The minimum atomic E-state index is -2.73. The molecule has 0 N–H and O–H groups in total. The summed E-state index contributed by atoms with van der Waals surface area (Å²) in [5.41, 5.74) is 0. The molecule has 0 atom stereocenters. The second-order valence-electron chi connectivity index (χ2n) is 6.97. The third-order valence-corrected chi connectivity index (χ3v) is 4.96. The highest BCUT2D eigenvalue weighted by molar-refractivity contribution is 7.67. The van der Waals surface area contributed by atoms with Gasteiger partial charge < -0.3 is 4.74 Å². The molecule has 0 saturated heterocycles. The lowest BCUT2D eigenvalue weighted by atomic mass is 10.0. The maximum atomic E-state index is 10.2. The van der Waals surface area contributed by atoms with Crippen molar-refractivity contribution in [2.24, 2.45) is 0 Å². The van der Waals surface area contributed by atoms with Gasteiger partial charge in [0.05, 0.1) is 13.2 Å². The van der Waals surface area contributed by atoms with E-state index in [9.17, 15) is 8.42 Å². The highest BCUT2D eigenvalue weighted by Crippen LogP contribution is 2.13. The molecule has 152 valence electrons. The van der Waals surface area contributed by atoms with Crippen LogP contribution in [0.1, 0.15) is 110 Å². The lowest BCUT2D eigenvalue weighted by molar-refractivity contribution is 0.101. The van der Waals surface area contributed by atoms with Crippen LogP contribution in [0.3, 0.4) is 0 Å². The van der Waals surface area contributed by atoms with Crippen LogP contribution in [0.15, 0.2) is 0 Å². The van der Waals surface area contributed by atoms with Crippen LogP contribution in [0.25, 0.3) is 0 Å². The van der Waals surface area contributed by atoms with Crippen LogP contribution in [-0.2, 0) is 19.9 Å². The van der Waals surface area contributed by atoms with E-state index in [0.717, 1.165) is 6.42 Å². The van der Waals surface area contributed by atoms with Gasteiger partial charge in [-0.15, -0.1) is 0 Å². The van der Waals surface area contributed by atoms with Gasteiger partial charge in [0.15, 0.2) is 0 Å². The van der Waals surface area contributed by atoms with Crippen molar-refractivity contribution >= 4 is 11.0 Å². The van der Waals surface area contributed by atoms with Crippen molar-refractivity contribution in [1.29, 1.82) is 0 Å². The first-order chi connectivity index (χ1) is 12.3. The fourth-order valence-corrected chi connectivity index (χ4v) is 3.25. The molecular weight excluding hydrogens is 336 g/mol. The highest BCUT2D eigenvalue weighted by Gasteiger charge is 1.95. The van der Waals surface area contributed by atoms with Crippen molar-refractivity contribution in [2.75, 3.05) is 19.8 Å². The summed E-state index contributed by atoms with van der Waals surface area (Å²) in [6.45, 7) is 3.48. The second-order valence-corrected chi connectivity index (χ2v) is 7.68. The van der Waals surface area contributed by atoms with Crippen molar-refractivity contribution in [2.45, 2.75) is 110 Å². The van der Waals surface area contributed by atoms with Crippen LogP contribution >= 0.6 is 0 Å². The zero-order chi connectivity index (χ0) is 18.4. The molecule has 25 heavy (non-hydrogen) atoms. The molecule has 0 amide bonds. The quantitative estimate of drug-likeness (QED) is 0.202. The molecule has 0 aliphatic rings. The van der Waals surface area contributed by atoms with Crippen molar-refractivity contribution in [3.8, 4) is 0 Å². The normalized spacial score (nSPS) is 11.4. The molecule has 0 aromatic heterocycles. The SMILES string of the molecule is CCCCCCCCCCCCCCCCCCOCCO[SH](=O)=O. The summed E-state index contributed by atoms with van der Waals surface area (Å²) in [7, 11) is -2.73. The van der Waals surface area contributed by atoms with E-state index in [2.05, 4.69) is 11.1 Å². The molecule has 0 aromatic rings. The molecule has 0 radical (unpaired) electrons. The Bertz CT molecular complexity index is 311. The minimum Gasteiger partial charge on any atom is -0.379 e. The average molecular weight is 379 g/mol. The van der Waals surface area contributed by atoms with E-state index in [-0.39, 0.29) is 6.61 Å². The number of unbranched alkanes of at least 4 members (excludes halogenated alkanes) is 15. The van der Waals surface area contributed by atoms with Gasteiger partial charge >= 0.3 is 0 Å². The maximum Gasteiger partial charge on any atom is 0.257 e. The van der Waals surface area contributed by atoms with E-state index < -0.39 is 11.0 Å². The fraction of sp³-hybridized carbons (Fsp3) is 1.00. The molecule has 0 unspecified atom stereocenters. The molecule has 0 rings (SSSR count).